The number of ketones is 2. The average Bonchev–Trinajstić information content (AvgIpc) is 1.18. The molecule has 12 aliphatic carbocycles. The van der Waals surface area contributed by atoms with E-state index in [0.29, 0.717) is 125 Å². The molecule has 0 radical (unpaired) electrons. The smallest absolute Gasteiger partial charge is 0.172 e. The van der Waals surface area contributed by atoms with Crippen LogP contribution in [0.4, 0.5) is 0 Å². The van der Waals surface area contributed by atoms with Gasteiger partial charge in [-0.3, -0.25) is 9.59 Å². The summed E-state index contributed by atoms with van der Waals surface area (Å²) in [5, 5.41) is 35.4. The van der Waals surface area contributed by atoms with Gasteiger partial charge in [-0.05, 0) is 229 Å². The molecule has 3 N–H and O–H groups in total. The molecule has 86 heavy (non-hydrogen) atoms. The molecule has 4 saturated heterocycles. The van der Waals surface area contributed by atoms with E-state index in [-0.39, 0.29) is 62.1 Å². The molecule has 21 atom stereocenters. The number of hydrogen-bond donors (Lipinski definition) is 3. The molecule has 4 aliphatic heterocycles. The number of carbonyl (C=O) groups is 2. The Bertz CT molecular complexity index is 2760. The molecule has 2 spiro atoms. The maximum Gasteiger partial charge on any atom is 0.172 e. The highest BCUT2D eigenvalue weighted by atomic mass is 16.8. The van der Waals surface area contributed by atoms with E-state index >= 15 is 0 Å². The fourth-order valence-corrected chi connectivity index (χ4v) is 26.8. The van der Waals surface area contributed by atoms with E-state index in [9.17, 15) is 24.9 Å². The molecular formula is C73H110O13. The van der Waals surface area contributed by atoms with Crippen molar-refractivity contribution >= 4 is 11.6 Å². The Morgan fingerprint density at radius 3 is 1.51 bits per heavy atom. The summed E-state index contributed by atoms with van der Waals surface area (Å²) in [6.07, 6.45) is 27.2. The number of fused-ring (bicyclic) bond motifs is 15. The van der Waals surface area contributed by atoms with Crippen molar-refractivity contribution in [2.24, 2.45) is 104 Å². The molecule has 0 amide bonds. The summed E-state index contributed by atoms with van der Waals surface area (Å²) >= 11 is 0. The van der Waals surface area contributed by atoms with E-state index in [0.717, 1.165) is 109 Å². The van der Waals surface area contributed by atoms with Gasteiger partial charge in [0.2, 0.25) is 0 Å². The number of hydrogen-bond acceptors (Lipinski definition) is 13. The van der Waals surface area contributed by atoms with Crippen LogP contribution in [0.15, 0.2) is 34.9 Å². The molecule has 0 aromatic heterocycles. The lowest BCUT2D eigenvalue weighted by Crippen LogP contribution is -2.63. The number of aliphatic hydroxyl groups is 3. The summed E-state index contributed by atoms with van der Waals surface area (Å²) in [6.45, 7) is 30.0. The Morgan fingerprint density at radius 1 is 0.488 bits per heavy atom. The number of ether oxygens (including phenoxy) is 8. The molecular weight excluding hydrogens is 1080 g/mol. The zero-order valence-electron chi connectivity index (χ0n) is 54.7. The van der Waals surface area contributed by atoms with Gasteiger partial charge in [0.25, 0.3) is 0 Å². The maximum atomic E-state index is 12.3. The monoisotopic (exact) mass is 1190 g/mol. The fourth-order valence-electron chi connectivity index (χ4n) is 26.8. The van der Waals surface area contributed by atoms with E-state index in [2.05, 4.69) is 74.5 Å². The minimum absolute atomic E-state index is 0.0245. The second-order valence-corrected chi connectivity index (χ2v) is 34.0. The molecule has 480 valence electrons. The van der Waals surface area contributed by atoms with Crippen LogP contribution in [0.5, 0.6) is 0 Å². The molecule has 16 aliphatic rings. The third-order valence-electron chi connectivity index (χ3n) is 29.6. The van der Waals surface area contributed by atoms with Crippen LogP contribution >= 0.6 is 0 Å². The van der Waals surface area contributed by atoms with Crippen molar-refractivity contribution in [3.05, 3.63) is 34.9 Å². The van der Waals surface area contributed by atoms with Crippen molar-refractivity contribution in [3.8, 4) is 0 Å². The summed E-state index contributed by atoms with van der Waals surface area (Å²) < 4.78 is 48.8. The molecule has 13 nitrogen and oxygen atoms in total. The number of carbonyl (C=O) groups excluding carboxylic acids is 2. The van der Waals surface area contributed by atoms with E-state index in [1.807, 2.05) is 13.0 Å². The Kier molecular flexibility index (Phi) is 14.9. The molecule has 0 unspecified atom stereocenters. The summed E-state index contributed by atoms with van der Waals surface area (Å²) in [7, 11) is 0. The first-order chi connectivity index (χ1) is 40.5. The Labute approximate surface area is 514 Å². The molecule has 0 aromatic rings. The quantitative estimate of drug-likeness (QED) is 0.229. The first-order valence-electron chi connectivity index (χ1n) is 34.9. The molecule has 0 aromatic carbocycles. The minimum Gasteiger partial charge on any atom is -0.393 e. The highest BCUT2D eigenvalue weighted by Gasteiger charge is 2.71. The molecule has 13 heteroatoms. The Morgan fingerprint density at radius 2 is 0.942 bits per heavy atom. The van der Waals surface area contributed by atoms with Gasteiger partial charge in [-0.2, -0.15) is 0 Å². The second-order valence-electron chi connectivity index (χ2n) is 34.0. The standard InChI is InChI=1S/C26H40O5.C25H38O5.C22H32O3/c1-22-9-10-26(30-13-14-31-26)15-17(22)5-6-18-19-7-8-20(25(4)28-11-12-29-25)23(19,2)16-24(3,27)21(18)22;1-22-8-9-25(29-12-13-30-25)14-16(22)4-5-17-18-6-7-20(24(3)27-10-11-28-24)23(18,2)15-19(26)21(17)22;1-13(23)17-7-8-18-16-6-5-14-11-15(24)9-10-20(14,2)19(16)22(4,25)12-21(17,18)3/h5,18-21,27H,6-16H2,1-4H3;4,17-21,26H,5-15H2,1-3H3;11,16-19,25H,5-10,12H2,1-4H3/t18-,19-,20-,21-,22-,23-,24-;17-,18-,19-,20-,21+,22-,23-;16-,17+,18-,19-,20-,21+,22-/m000/s1. The molecule has 9 saturated carbocycles. The summed E-state index contributed by atoms with van der Waals surface area (Å²) in [6, 6.07) is 0. The largest absolute Gasteiger partial charge is 0.393 e. The van der Waals surface area contributed by atoms with Crippen molar-refractivity contribution in [1.29, 1.82) is 0 Å². The van der Waals surface area contributed by atoms with Crippen molar-refractivity contribution in [1.82, 2.24) is 0 Å². The number of rotatable bonds is 3. The molecule has 4 heterocycles. The van der Waals surface area contributed by atoms with E-state index in [1.54, 1.807) is 6.92 Å². The van der Waals surface area contributed by atoms with Crippen molar-refractivity contribution < 1.29 is 62.8 Å². The first-order valence-corrected chi connectivity index (χ1v) is 34.9. The topological polar surface area (TPSA) is 169 Å². The van der Waals surface area contributed by atoms with E-state index in [4.69, 9.17) is 37.9 Å². The molecule has 0 bridgehead atoms. The van der Waals surface area contributed by atoms with Gasteiger partial charge in [0.05, 0.1) is 70.2 Å². The van der Waals surface area contributed by atoms with E-state index < -0.39 is 34.4 Å². The maximum absolute atomic E-state index is 12.3. The molecule has 16 rings (SSSR count). The zero-order valence-corrected chi connectivity index (χ0v) is 54.7. The Balaban J connectivity index is 0.000000115. The summed E-state index contributed by atoms with van der Waals surface area (Å²) in [4.78, 5) is 24.2. The van der Waals surface area contributed by atoms with Gasteiger partial charge in [-0.15, -0.1) is 0 Å². The van der Waals surface area contributed by atoms with Gasteiger partial charge in [0.1, 0.15) is 5.78 Å². The SMILES string of the molecule is CC(=O)[C@H]1CC[C@H]2[C@@H]3CCC4=CC(=O)CC[C@]4(C)[C@H]3[C@@](C)(O)C[C@]12C.CC1([C@H]2CC[C@H]3[C@@H]4CC=C5CC6(CC[C@]5(C)[C@H]4[C@@H](O)C[C@]23C)OCCO6)OCCO1.CC1([C@H]2CC[C@H]3[C@@H]4CC=C5CC6(CC[C@]5(C)[C@H]4[C@@](C)(O)C[C@]23C)OCCO6)OCCO1. The summed E-state index contributed by atoms with van der Waals surface area (Å²) in [5.41, 5.74) is 2.81. The highest BCUT2D eigenvalue weighted by molar-refractivity contribution is 5.91. The minimum atomic E-state index is -0.775. The van der Waals surface area contributed by atoms with Crippen molar-refractivity contribution in [2.45, 2.75) is 251 Å². The fraction of sp³-hybridized carbons (Fsp3) is 0.890. The molecule has 13 fully saturated rings. The van der Waals surface area contributed by atoms with Gasteiger partial charge in [-0.1, -0.05) is 70.4 Å². The first kappa shape index (κ1) is 61.6. The normalized spacial score (nSPS) is 52.0. The third-order valence-corrected chi connectivity index (χ3v) is 29.6. The van der Waals surface area contributed by atoms with Gasteiger partial charge < -0.3 is 53.2 Å². The van der Waals surface area contributed by atoms with Crippen LogP contribution in [0, 0.1) is 104 Å². The second kappa shape index (κ2) is 20.8. The van der Waals surface area contributed by atoms with Gasteiger partial charge >= 0.3 is 0 Å². The van der Waals surface area contributed by atoms with Gasteiger partial charge in [0.15, 0.2) is 28.9 Å². The number of allylic oxidation sites excluding steroid dienone is 3. The lowest BCUT2D eigenvalue weighted by Gasteiger charge is -2.64. The van der Waals surface area contributed by atoms with Crippen molar-refractivity contribution in [2.75, 3.05) is 52.9 Å². The number of aliphatic hydroxyl groups excluding tert-OH is 1. The van der Waals surface area contributed by atoms with Crippen LogP contribution in [-0.2, 0) is 47.5 Å². The van der Waals surface area contributed by atoms with Crippen LogP contribution in [0.2, 0.25) is 0 Å². The van der Waals surface area contributed by atoms with Crippen molar-refractivity contribution in [3.63, 3.8) is 0 Å². The van der Waals surface area contributed by atoms with Crippen LogP contribution in [0.1, 0.15) is 211 Å². The van der Waals surface area contributed by atoms with Crippen LogP contribution < -0.4 is 0 Å². The zero-order chi connectivity index (χ0) is 60.7. The average molecular weight is 1200 g/mol. The predicted octanol–water partition coefficient (Wildman–Crippen LogP) is 12.6. The lowest BCUT2D eigenvalue weighted by atomic mass is 9.43. The highest BCUT2D eigenvalue weighted by Crippen LogP contribution is 2.74. The third kappa shape index (κ3) is 9.14. The van der Waals surface area contributed by atoms with Gasteiger partial charge in [-0.25, -0.2) is 0 Å². The van der Waals surface area contributed by atoms with Crippen LogP contribution in [0.3, 0.4) is 0 Å². The van der Waals surface area contributed by atoms with E-state index in [1.165, 1.54) is 29.6 Å². The number of Topliss-reactive ketones (excluding diaryl/α,β-unsaturated/α-hetero) is 1. The lowest BCUT2D eigenvalue weighted by molar-refractivity contribution is -0.243. The predicted molar refractivity (Wildman–Crippen MR) is 325 cm³/mol. The van der Waals surface area contributed by atoms with Crippen LogP contribution in [0.25, 0.3) is 0 Å². The summed E-state index contributed by atoms with van der Waals surface area (Å²) in [5.74, 6) is 3.69. The Hall–Kier alpha value is -1.88. The van der Waals surface area contributed by atoms with Gasteiger partial charge in [0, 0.05) is 49.9 Å². The van der Waals surface area contributed by atoms with Crippen LogP contribution in [-0.4, -0.2) is 120 Å².